The summed E-state index contributed by atoms with van der Waals surface area (Å²) in [5, 5.41) is 2.09. The van der Waals surface area contributed by atoms with Crippen molar-refractivity contribution >= 4 is 17.2 Å². The number of benzene rings is 1. The van der Waals surface area contributed by atoms with Crippen LogP contribution in [-0.4, -0.2) is 30.1 Å². The maximum Gasteiger partial charge on any atom is 0.219 e. The molecule has 4 heteroatoms. The third-order valence-corrected chi connectivity index (χ3v) is 7.61. The van der Waals surface area contributed by atoms with Gasteiger partial charge in [-0.1, -0.05) is 49.7 Å². The highest BCUT2D eigenvalue weighted by atomic mass is 32.1. The van der Waals surface area contributed by atoms with E-state index in [0.29, 0.717) is 5.92 Å². The normalized spacial score (nSPS) is 23.2. The average Bonchev–Trinajstić information content (AvgIpc) is 3.23. The smallest absolute Gasteiger partial charge is 0.219 e. The Balaban J connectivity index is 1.86. The highest BCUT2D eigenvalue weighted by molar-refractivity contribution is 7.10. The molecule has 29 heavy (non-hydrogen) atoms. The van der Waals surface area contributed by atoms with Gasteiger partial charge in [0, 0.05) is 30.4 Å². The molecule has 0 bridgehead atoms. The first-order valence-electron chi connectivity index (χ1n) is 10.8. The Morgan fingerprint density at radius 2 is 1.97 bits per heavy atom. The fraction of sp³-hybridized carbons (Fsp3) is 0.560. The van der Waals surface area contributed by atoms with Crippen LogP contribution in [0.25, 0.3) is 0 Å². The molecule has 0 aliphatic carbocycles. The Labute approximate surface area is 180 Å². The predicted molar refractivity (Wildman–Crippen MR) is 121 cm³/mol. The van der Waals surface area contributed by atoms with Crippen molar-refractivity contribution in [2.75, 3.05) is 13.2 Å². The van der Waals surface area contributed by atoms with Crippen molar-refractivity contribution in [1.29, 1.82) is 0 Å². The van der Waals surface area contributed by atoms with Crippen LogP contribution in [0.5, 0.6) is 0 Å². The van der Waals surface area contributed by atoms with Gasteiger partial charge in [0.2, 0.25) is 5.91 Å². The minimum Gasteiger partial charge on any atom is -0.378 e. The van der Waals surface area contributed by atoms with Crippen LogP contribution in [0.3, 0.4) is 0 Å². The zero-order chi connectivity index (χ0) is 21.0. The van der Waals surface area contributed by atoms with Crippen LogP contribution in [0.2, 0.25) is 0 Å². The third kappa shape index (κ3) is 5.10. The van der Waals surface area contributed by atoms with Gasteiger partial charge in [-0.2, -0.15) is 0 Å². The molecule has 1 aliphatic rings. The number of hydrogen-bond acceptors (Lipinski definition) is 3. The molecule has 1 aromatic carbocycles. The van der Waals surface area contributed by atoms with E-state index >= 15 is 0 Å². The minimum absolute atomic E-state index is 0.0593. The van der Waals surface area contributed by atoms with Gasteiger partial charge in [0.1, 0.15) is 0 Å². The van der Waals surface area contributed by atoms with E-state index in [-0.39, 0.29) is 23.5 Å². The molecule has 0 N–H and O–H groups in total. The van der Waals surface area contributed by atoms with E-state index in [0.717, 1.165) is 32.4 Å². The molecule has 3 nitrogen and oxygen atoms in total. The number of carbonyl (C=O) groups is 1. The molecule has 1 aliphatic heterocycles. The van der Waals surface area contributed by atoms with Gasteiger partial charge in [-0.05, 0) is 56.0 Å². The highest BCUT2D eigenvalue weighted by Gasteiger charge is 2.40. The van der Waals surface area contributed by atoms with Crippen molar-refractivity contribution in [2.45, 2.75) is 71.4 Å². The lowest BCUT2D eigenvalue weighted by molar-refractivity contribution is -0.131. The molecular weight excluding hydrogens is 378 g/mol. The lowest BCUT2D eigenvalue weighted by Gasteiger charge is -2.44. The molecule has 1 fully saturated rings. The van der Waals surface area contributed by atoms with Crippen LogP contribution in [0.15, 0.2) is 41.8 Å². The number of thiophene rings is 1. The molecule has 1 aromatic heterocycles. The van der Waals surface area contributed by atoms with Crippen molar-refractivity contribution in [1.82, 2.24) is 4.90 Å². The van der Waals surface area contributed by atoms with Crippen molar-refractivity contribution in [3.63, 3.8) is 0 Å². The Bertz CT molecular complexity index is 784. The van der Waals surface area contributed by atoms with E-state index in [9.17, 15) is 4.79 Å². The monoisotopic (exact) mass is 413 g/mol. The van der Waals surface area contributed by atoms with E-state index in [4.69, 9.17) is 4.74 Å². The summed E-state index contributed by atoms with van der Waals surface area (Å²) in [5.74, 6) is 0.645. The molecule has 2 aromatic rings. The summed E-state index contributed by atoms with van der Waals surface area (Å²) in [6, 6.07) is 13.3. The Morgan fingerprint density at radius 1 is 1.24 bits per heavy atom. The van der Waals surface area contributed by atoms with Gasteiger partial charge in [-0.25, -0.2) is 0 Å². The lowest BCUT2D eigenvalue weighted by Crippen LogP contribution is -2.44. The molecule has 3 rings (SSSR count). The van der Waals surface area contributed by atoms with Crippen LogP contribution in [0.1, 0.15) is 69.0 Å². The van der Waals surface area contributed by atoms with E-state index in [2.05, 4.69) is 69.5 Å². The number of amides is 1. The Kier molecular flexibility index (Phi) is 7.18. The predicted octanol–water partition coefficient (Wildman–Crippen LogP) is 6.13. The quantitative estimate of drug-likeness (QED) is 0.546. The van der Waals surface area contributed by atoms with Gasteiger partial charge in [0.05, 0.1) is 12.1 Å². The largest absolute Gasteiger partial charge is 0.378 e. The molecule has 0 unspecified atom stereocenters. The topological polar surface area (TPSA) is 29.5 Å². The molecule has 1 amide bonds. The fourth-order valence-electron chi connectivity index (χ4n) is 4.56. The van der Waals surface area contributed by atoms with Crippen molar-refractivity contribution in [2.24, 2.45) is 5.92 Å². The minimum atomic E-state index is 0.0593. The van der Waals surface area contributed by atoms with Crippen LogP contribution in [0.4, 0.5) is 0 Å². The summed E-state index contributed by atoms with van der Waals surface area (Å²) >= 11 is 1.73. The van der Waals surface area contributed by atoms with E-state index in [1.807, 2.05) is 4.90 Å². The summed E-state index contributed by atoms with van der Waals surface area (Å²) in [6.45, 7) is 12.0. The number of aryl methyl sites for hydroxylation is 1. The lowest BCUT2D eigenvalue weighted by atomic mass is 9.68. The van der Waals surface area contributed by atoms with Gasteiger partial charge >= 0.3 is 0 Å². The van der Waals surface area contributed by atoms with Gasteiger partial charge < -0.3 is 9.64 Å². The van der Waals surface area contributed by atoms with Crippen LogP contribution < -0.4 is 0 Å². The van der Waals surface area contributed by atoms with Gasteiger partial charge in [0.15, 0.2) is 0 Å². The van der Waals surface area contributed by atoms with Gasteiger partial charge in [-0.15, -0.1) is 11.3 Å². The number of carbonyl (C=O) groups excluding carboxylic acids is 1. The van der Waals surface area contributed by atoms with E-state index < -0.39 is 0 Å². The summed E-state index contributed by atoms with van der Waals surface area (Å²) in [4.78, 5) is 15.8. The molecule has 158 valence electrons. The SMILES string of the molecule is CC(=O)N(CC[C@]1(c2ccc(C)cc2)CCO[C@H](C(C)C)C1)[C@@H](C)c1cccs1. The van der Waals surface area contributed by atoms with Crippen molar-refractivity contribution < 1.29 is 9.53 Å². The summed E-state index contributed by atoms with van der Waals surface area (Å²) in [5.41, 5.74) is 2.74. The zero-order valence-corrected chi connectivity index (χ0v) is 19.3. The standard InChI is InChI=1S/C25H35NO2S/c1-18(2)23-17-25(13-15-28-23,22-10-8-19(3)9-11-22)12-14-26(21(5)27)20(4)24-7-6-16-29-24/h6-11,16,18,20,23H,12-15,17H2,1-5H3/t20-,23-,25-/m0/s1. The molecule has 0 saturated carbocycles. The third-order valence-electron chi connectivity index (χ3n) is 6.57. The maximum absolute atomic E-state index is 12.5. The van der Waals surface area contributed by atoms with Crippen LogP contribution in [-0.2, 0) is 14.9 Å². The first-order chi connectivity index (χ1) is 13.8. The molecule has 1 saturated heterocycles. The van der Waals surface area contributed by atoms with E-state index in [1.54, 1.807) is 18.3 Å². The Hall–Kier alpha value is -1.65. The van der Waals surface area contributed by atoms with Crippen molar-refractivity contribution in [3.8, 4) is 0 Å². The first-order valence-corrected chi connectivity index (χ1v) is 11.7. The van der Waals surface area contributed by atoms with Gasteiger partial charge in [0.25, 0.3) is 0 Å². The van der Waals surface area contributed by atoms with Crippen LogP contribution in [0, 0.1) is 12.8 Å². The van der Waals surface area contributed by atoms with Gasteiger partial charge in [-0.3, -0.25) is 4.79 Å². The number of nitrogens with zero attached hydrogens (tertiary/aromatic N) is 1. The number of hydrogen-bond donors (Lipinski definition) is 0. The molecule has 2 heterocycles. The number of ether oxygens (including phenoxy) is 1. The molecule has 3 atom stereocenters. The molecule has 0 spiro atoms. The molecule has 0 radical (unpaired) electrons. The molecular formula is C25H35NO2S. The number of rotatable bonds is 7. The summed E-state index contributed by atoms with van der Waals surface area (Å²) in [7, 11) is 0. The highest BCUT2D eigenvalue weighted by Crippen LogP contribution is 2.42. The second-order valence-corrected chi connectivity index (χ2v) is 9.89. The van der Waals surface area contributed by atoms with Crippen molar-refractivity contribution in [3.05, 3.63) is 57.8 Å². The second-order valence-electron chi connectivity index (χ2n) is 8.91. The van der Waals surface area contributed by atoms with E-state index in [1.165, 1.54) is 16.0 Å². The fourth-order valence-corrected chi connectivity index (χ4v) is 5.36. The first kappa shape index (κ1) is 22.0. The average molecular weight is 414 g/mol. The zero-order valence-electron chi connectivity index (χ0n) is 18.5. The Morgan fingerprint density at radius 3 is 2.55 bits per heavy atom. The maximum atomic E-state index is 12.5. The second kappa shape index (κ2) is 9.44. The van der Waals surface area contributed by atoms with Crippen LogP contribution >= 0.6 is 11.3 Å². The summed E-state index contributed by atoms with van der Waals surface area (Å²) < 4.78 is 6.12. The summed E-state index contributed by atoms with van der Waals surface area (Å²) in [6.07, 6.45) is 3.27.